The van der Waals surface area contributed by atoms with Crippen molar-refractivity contribution >= 4 is 17.4 Å². The van der Waals surface area contributed by atoms with Crippen molar-refractivity contribution in [2.45, 2.75) is 44.6 Å². The number of benzene rings is 2. The average Bonchev–Trinajstić information content (AvgIpc) is 3.30. The molecular formula is C23H27N3O2. The fourth-order valence-corrected chi connectivity index (χ4v) is 3.80. The fourth-order valence-electron chi connectivity index (χ4n) is 3.80. The van der Waals surface area contributed by atoms with Gasteiger partial charge in [-0.3, -0.25) is 0 Å². The summed E-state index contributed by atoms with van der Waals surface area (Å²) in [5.41, 5.74) is 3.81. The Morgan fingerprint density at radius 3 is 2.50 bits per heavy atom. The van der Waals surface area contributed by atoms with E-state index in [1.54, 1.807) is 0 Å². The maximum Gasteiger partial charge on any atom is 0.321 e. The molecular weight excluding hydrogens is 350 g/mol. The van der Waals surface area contributed by atoms with Gasteiger partial charge in [-0.05, 0) is 28.7 Å². The molecule has 1 unspecified atom stereocenters. The first-order valence-electron chi connectivity index (χ1n) is 9.82. The number of hydrogen-bond acceptors (Lipinski definition) is 3. The Morgan fingerprint density at radius 1 is 1.11 bits per heavy atom. The third-order valence-corrected chi connectivity index (χ3v) is 5.55. The van der Waals surface area contributed by atoms with Gasteiger partial charge < -0.3 is 15.1 Å². The van der Waals surface area contributed by atoms with Crippen LogP contribution in [0.3, 0.4) is 0 Å². The van der Waals surface area contributed by atoms with Crippen LogP contribution in [0.25, 0.3) is 0 Å². The SMILES string of the molecule is CC(C)(C)c1ccc(NC(=O)N2CCC3(CC(c4ccccc4)=NO3)C2)cc1. The van der Waals surface area contributed by atoms with E-state index >= 15 is 0 Å². The minimum Gasteiger partial charge on any atom is -0.387 e. The summed E-state index contributed by atoms with van der Waals surface area (Å²) in [5.74, 6) is 0. The second kappa shape index (κ2) is 6.97. The number of hydrogen-bond donors (Lipinski definition) is 1. The van der Waals surface area contributed by atoms with Crippen LogP contribution >= 0.6 is 0 Å². The van der Waals surface area contributed by atoms with E-state index in [0.717, 1.165) is 29.8 Å². The quantitative estimate of drug-likeness (QED) is 0.818. The highest BCUT2D eigenvalue weighted by molar-refractivity contribution is 6.01. The third kappa shape index (κ3) is 3.75. The van der Waals surface area contributed by atoms with E-state index in [2.05, 4.69) is 43.4 Å². The topological polar surface area (TPSA) is 53.9 Å². The van der Waals surface area contributed by atoms with Gasteiger partial charge in [0.25, 0.3) is 0 Å². The van der Waals surface area contributed by atoms with Gasteiger partial charge in [0.1, 0.15) is 0 Å². The summed E-state index contributed by atoms with van der Waals surface area (Å²) >= 11 is 0. The van der Waals surface area contributed by atoms with Gasteiger partial charge in [0.2, 0.25) is 0 Å². The van der Waals surface area contributed by atoms with Gasteiger partial charge >= 0.3 is 6.03 Å². The van der Waals surface area contributed by atoms with Gasteiger partial charge in [0, 0.05) is 25.1 Å². The Hall–Kier alpha value is -2.82. The molecule has 0 aliphatic carbocycles. The number of urea groups is 1. The standard InChI is InChI=1S/C23H27N3O2/c1-22(2,3)18-9-11-19(12-10-18)24-21(27)26-14-13-23(16-26)15-20(25-28-23)17-7-5-4-6-8-17/h4-12H,13-16H2,1-3H3,(H,24,27). The van der Waals surface area contributed by atoms with Crippen LogP contribution in [-0.4, -0.2) is 35.3 Å². The molecule has 1 N–H and O–H groups in total. The van der Waals surface area contributed by atoms with Gasteiger partial charge in [-0.2, -0.15) is 0 Å². The molecule has 1 spiro atoms. The highest BCUT2D eigenvalue weighted by atomic mass is 16.7. The van der Waals surface area contributed by atoms with Gasteiger partial charge in [-0.15, -0.1) is 0 Å². The maximum absolute atomic E-state index is 12.7. The first-order valence-corrected chi connectivity index (χ1v) is 9.82. The number of rotatable bonds is 2. The molecule has 1 atom stereocenters. The average molecular weight is 377 g/mol. The van der Waals surface area contributed by atoms with Crippen molar-refractivity contribution in [2.24, 2.45) is 5.16 Å². The highest BCUT2D eigenvalue weighted by Crippen LogP contribution is 2.35. The van der Waals surface area contributed by atoms with Gasteiger partial charge in [-0.1, -0.05) is 68.4 Å². The largest absolute Gasteiger partial charge is 0.387 e. The minimum absolute atomic E-state index is 0.0860. The highest BCUT2D eigenvalue weighted by Gasteiger charge is 2.46. The molecule has 2 aromatic rings. The number of oxime groups is 1. The lowest BCUT2D eigenvalue weighted by molar-refractivity contribution is -0.00732. The lowest BCUT2D eigenvalue weighted by Crippen LogP contribution is -2.38. The van der Waals surface area contributed by atoms with Crippen molar-refractivity contribution in [3.8, 4) is 0 Å². The predicted molar refractivity (Wildman–Crippen MR) is 112 cm³/mol. The van der Waals surface area contributed by atoms with E-state index in [1.165, 1.54) is 5.56 Å². The van der Waals surface area contributed by atoms with Gasteiger partial charge in [0.05, 0.1) is 12.3 Å². The summed E-state index contributed by atoms with van der Waals surface area (Å²) in [5, 5.41) is 7.32. The van der Waals surface area contributed by atoms with Gasteiger partial charge in [-0.25, -0.2) is 4.79 Å². The molecule has 2 aromatic carbocycles. The van der Waals surface area contributed by atoms with Crippen LogP contribution in [0, 0.1) is 0 Å². The summed E-state index contributed by atoms with van der Waals surface area (Å²) in [4.78, 5) is 20.3. The van der Waals surface area contributed by atoms with Crippen molar-refractivity contribution in [1.29, 1.82) is 0 Å². The molecule has 1 fully saturated rings. The Morgan fingerprint density at radius 2 is 1.82 bits per heavy atom. The zero-order chi connectivity index (χ0) is 19.8. The summed E-state index contributed by atoms with van der Waals surface area (Å²) in [6.45, 7) is 7.76. The number of carbonyl (C=O) groups is 1. The molecule has 2 heterocycles. The second-order valence-corrected chi connectivity index (χ2v) is 8.78. The molecule has 28 heavy (non-hydrogen) atoms. The summed E-state index contributed by atoms with van der Waals surface area (Å²) < 4.78 is 0. The van der Waals surface area contributed by atoms with Crippen LogP contribution in [0.4, 0.5) is 10.5 Å². The van der Waals surface area contributed by atoms with E-state index < -0.39 is 5.60 Å². The molecule has 1 saturated heterocycles. The van der Waals surface area contributed by atoms with Crippen molar-refractivity contribution < 1.29 is 9.63 Å². The lowest BCUT2D eigenvalue weighted by Gasteiger charge is -2.22. The fraction of sp³-hybridized carbons (Fsp3) is 0.391. The van der Waals surface area contributed by atoms with E-state index in [-0.39, 0.29) is 11.4 Å². The Balaban J connectivity index is 1.36. The molecule has 146 valence electrons. The second-order valence-electron chi connectivity index (χ2n) is 8.78. The van der Waals surface area contributed by atoms with Crippen molar-refractivity contribution in [3.63, 3.8) is 0 Å². The van der Waals surface area contributed by atoms with Crippen molar-refractivity contribution in [3.05, 3.63) is 65.7 Å². The molecule has 2 aliphatic rings. The number of amides is 2. The maximum atomic E-state index is 12.7. The first kappa shape index (κ1) is 18.5. The molecule has 0 saturated carbocycles. The van der Waals surface area contributed by atoms with Crippen LogP contribution < -0.4 is 5.32 Å². The monoisotopic (exact) mass is 377 g/mol. The first-order chi connectivity index (χ1) is 13.3. The number of nitrogens with one attached hydrogen (secondary N) is 1. The molecule has 0 bridgehead atoms. The Kier molecular flexibility index (Phi) is 4.61. The summed E-state index contributed by atoms with van der Waals surface area (Å²) in [6, 6.07) is 18.1. The van der Waals surface area contributed by atoms with E-state index in [1.807, 2.05) is 47.4 Å². The third-order valence-electron chi connectivity index (χ3n) is 5.55. The summed E-state index contributed by atoms with van der Waals surface area (Å²) in [7, 11) is 0. The smallest absolute Gasteiger partial charge is 0.321 e. The number of anilines is 1. The lowest BCUT2D eigenvalue weighted by atomic mass is 9.87. The van der Waals surface area contributed by atoms with E-state index in [0.29, 0.717) is 13.1 Å². The molecule has 5 nitrogen and oxygen atoms in total. The van der Waals surface area contributed by atoms with Crippen LogP contribution in [0.5, 0.6) is 0 Å². The van der Waals surface area contributed by atoms with Crippen LogP contribution in [0.2, 0.25) is 0 Å². The number of nitrogens with zero attached hydrogens (tertiary/aromatic N) is 2. The van der Waals surface area contributed by atoms with Crippen LogP contribution in [-0.2, 0) is 10.3 Å². The molecule has 0 radical (unpaired) electrons. The van der Waals surface area contributed by atoms with Gasteiger partial charge in [0.15, 0.2) is 5.60 Å². The zero-order valence-corrected chi connectivity index (χ0v) is 16.7. The molecule has 4 rings (SSSR count). The summed E-state index contributed by atoms with van der Waals surface area (Å²) in [6.07, 6.45) is 1.53. The normalized spacial score (nSPS) is 21.5. The number of carbonyl (C=O) groups excluding carboxylic acids is 1. The van der Waals surface area contributed by atoms with E-state index in [9.17, 15) is 4.79 Å². The van der Waals surface area contributed by atoms with Crippen molar-refractivity contribution in [1.82, 2.24) is 4.90 Å². The number of likely N-dealkylation sites (tertiary alicyclic amines) is 1. The molecule has 0 aromatic heterocycles. The van der Waals surface area contributed by atoms with Crippen LogP contribution in [0.15, 0.2) is 59.8 Å². The van der Waals surface area contributed by atoms with E-state index in [4.69, 9.17) is 4.84 Å². The molecule has 2 aliphatic heterocycles. The Bertz CT molecular complexity index is 884. The zero-order valence-electron chi connectivity index (χ0n) is 16.7. The molecule has 2 amide bonds. The predicted octanol–water partition coefficient (Wildman–Crippen LogP) is 4.79. The Labute approximate surface area is 166 Å². The van der Waals surface area contributed by atoms with Crippen molar-refractivity contribution in [2.75, 3.05) is 18.4 Å². The molecule has 5 heteroatoms. The minimum atomic E-state index is -0.390. The van der Waals surface area contributed by atoms with Crippen LogP contribution in [0.1, 0.15) is 44.7 Å².